The van der Waals surface area contributed by atoms with Crippen molar-refractivity contribution in [3.63, 3.8) is 0 Å². The Morgan fingerprint density at radius 2 is 1.71 bits per heavy atom. The molecule has 0 radical (unpaired) electrons. The summed E-state index contributed by atoms with van der Waals surface area (Å²) >= 11 is 0. The Bertz CT molecular complexity index is 1290. The molecule has 1 unspecified atom stereocenters. The summed E-state index contributed by atoms with van der Waals surface area (Å²) in [6, 6.07) is 14.5. The van der Waals surface area contributed by atoms with E-state index in [9.17, 15) is 13.9 Å². The average Bonchev–Trinajstić information content (AvgIpc) is 3.29. The zero-order chi connectivity index (χ0) is 24.5. The van der Waals surface area contributed by atoms with Gasteiger partial charge in [0.15, 0.2) is 6.35 Å². The highest BCUT2D eigenvalue weighted by molar-refractivity contribution is 5.92. The minimum absolute atomic E-state index is 0.0483. The van der Waals surface area contributed by atoms with E-state index in [1.165, 1.54) is 24.3 Å². The van der Waals surface area contributed by atoms with E-state index in [0.29, 0.717) is 19.6 Å². The van der Waals surface area contributed by atoms with Gasteiger partial charge in [0.1, 0.15) is 29.4 Å². The number of anilines is 1. The van der Waals surface area contributed by atoms with Crippen molar-refractivity contribution in [2.24, 2.45) is 0 Å². The number of piperazine rings is 1. The second kappa shape index (κ2) is 9.69. The van der Waals surface area contributed by atoms with Crippen molar-refractivity contribution < 1.29 is 13.9 Å². The van der Waals surface area contributed by atoms with E-state index in [1.807, 2.05) is 17.9 Å². The van der Waals surface area contributed by atoms with E-state index in [2.05, 4.69) is 32.1 Å². The highest BCUT2D eigenvalue weighted by atomic mass is 19.1. The van der Waals surface area contributed by atoms with Crippen molar-refractivity contribution in [3.05, 3.63) is 78.1 Å². The SMILES string of the molecule is C[C@H](NC(O)N1CCN(c2ncnc3[nH]c(-c4ccc(F)cc4)cc23)C[C@H]1C)c1ccc(F)cc1. The molecule has 0 spiro atoms. The van der Waals surface area contributed by atoms with Gasteiger partial charge in [0.2, 0.25) is 0 Å². The van der Waals surface area contributed by atoms with E-state index in [1.54, 1.807) is 30.6 Å². The molecule has 1 saturated heterocycles. The lowest BCUT2D eigenvalue weighted by molar-refractivity contribution is -0.0544. The maximum Gasteiger partial charge on any atom is 0.163 e. The second-order valence-electron chi connectivity index (χ2n) is 9.00. The summed E-state index contributed by atoms with van der Waals surface area (Å²) in [5.41, 5.74) is 3.35. The molecule has 1 fully saturated rings. The number of hydrogen-bond donors (Lipinski definition) is 3. The first kappa shape index (κ1) is 23.3. The molecule has 1 aliphatic heterocycles. The smallest absolute Gasteiger partial charge is 0.163 e. The maximum absolute atomic E-state index is 13.3. The monoisotopic (exact) mass is 478 g/mol. The molecular formula is C26H28F2N6O. The van der Waals surface area contributed by atoms with Crippen molar-refractivity contribution in [1.82, 2.24) is 25.2 Å². The van der Waals surface area contributed by atoms with Crippen LogP contribution in [0.15, 0.2) is 60.9 Å². The zero-order valence-electron chi connectivity index (χ0n) is 19.6. The first-order valence-corrected chi connectivity index (χ1v) is 11.7. The zero-order valence-corrected chi connectivity index (χ0v) is 19.6. The molecule has 2 aromatic heterocycles. The van der Waals surface area contributed by atoms with Gasteiger partial charge >= 0.3 is 0 Å². The molecule has 5 rings (SSSR count). The van der Waals surface area contributed by atoms with Crippen LogP contribution in [-0.4, -0.2) is 57.0 Å². The molecule has 182 valence electrons. The number of halogens is 2. The Morgan fingerprint density at radius 1 is 1.03 bits per heavy atom. The number of rotatable bonds is 6. The van der Waals surface area contributed by atoms with Crippen molar-refractivity contribution in [3.8, 4) is 11.3 Å². The van der Waals surface area contributed by atoms with Gasteiger partial charge in [-0.05, 0) is 67.4 Å². The number of nitrogens with one attached hydrogen (secondary N) is 2. The third kappa shape index (κ3) is 4.88. The van der Waals surface area contributed by atoms with Crippen LogP contribution in [0.25, 0.3) is 22.3 Å². The number of aromatic amines is 1. The predicted molar refractivity (Wildman–Crippen MR) is 132 cm³/mol. The van der Waals surface area contributed by atoms with Crippen LogP contribution in [0.3, 0.4) is 0 Å². The topological polar surface area (TPSA) is 80.3 Å². The molecule has 35 heavy (non-hydrogen) atoms. The Labute approximate surface area is 202 Å². The highest BCUT2D eigenvalue weighted by Crippen LogP contribution is 2.30. The summed E-state index contributed by atoms with van der Waals surface area (Å²) in [7, 11) is 0. The summed E-state index contributed by atoms with van der Waals surface area (Å²) < 4.78 is 26.6. The molecule has 7 nitrogen and oxygen atoms in total. The molecule has 3 N–H and O–H groups in total. The van der Waals surface area contributed by atoms with Gasteiger partial charge in [-0.1, -0.05) is 12.1 Å². The van der Waals surface area contributed by atoms with Gasteiger partial charge in [0.05, 0.1) is 5.39 Å². The molecule has 2 aromatic carbocycles. The highest BCUT2D eigenvalue weighted by Gasteiger charge is 2.30. The van der Waals surface area contributed by atoms with Crippen LogP contribution in [0, 0.1) is 11.6 Å². The lowest BCUT2D eigenvalue weighted by Crippen LogP contribution is -2.59. The molecule has 4 aromatic rings. The van der Waals surface area contributed by atoms with E-state index in [0.717, 1.165) is 33.7 Å². The number of H-pyrrole nitrogens is 1. The van der Waals surface area contributed by atoms with Crippen molar-refractivity contribution >= 4 is 16.9 Å². The standard InChI is InChI=1S/C26H28F2N6O/c1-16-14-33(11-12-34(16)26(35)31-17(2)18-3-7-20(27)8-4-18)25-22-13-23(32-24(22)29-15-30-25)19-5-9-21(28)10-6-19/h3-10,13,15-17,26,31,35H,11-12,14H2,1-2H3,(H,29,30,32)/t16-,17+,26?/m1/s1. The Hall–Kier alpha value is -3.40. The fraction of sp³-hybridized carbons (Fsp3) is 0.308. The van der Waals surface area contributed by atoms with Gasteiger partial charge in [0, 0.05) is 37.4 Å². The first-order chi connectivity index (χ1) is 16.9. The fourth-order valence-electron chi connectivity index (χ4n) is 4.66. The van der Waals surface area contributed by atoms with Crippen LogP contribution in [0.5, 0.6) is 0 Å². The van der Waals surface area contributed by atoms with E-state index in [-0.39, 0.29) is 23.7 Å². The Morgan fingerprint density at radius 3 is 2.40 bits per heavy atom. The number of nitrogens with zero attached hydrogens (tertiary/aromatic N) is 4. The molecule has 0 bridgehead atoms. The summed E-state index contributed by atoms with van der Waals surface area (Å²) in [5, 5.41) is 15.0. The minimum atomic E-state index is -0.838. The molecule has 9 heteroatoms. The van der Waals surface area contributed by atoms with Gasteiger partial charge in [-0.3, -0.25) is 10.2 Å². The number of hydrogen-bond acceptors (Lipinski definition) is 6. The van der Waals surface area contributed by atoms with Crippen LogP contribution in [0.1, 0.15) is 25.5 Å². The molecule has 3 atom stereocenters. The normalized spacial score (nSPS) is 18.7. The molecular weight excluding hydrogens is 450 g/mol. The van der Waals surface area contributed by atoms with Crippen LogP contribution in [0.2, 0.25) is 0 Å². The minimum Gasteiger partial charge on any atom is -0.365 e. The van der Waals surface area contributed by atoms with Crippen LogP contribution >= 0.6 is 0 Å². The Kier molecular flexibility index (Phi) is 6.46. The predicted octanol–water partition coefficient (Wildman–Crippen LogP) is 4.04. The van der Waals surface area contributed by atoms with Gasteiger partial charge in [-0.15, -0.1) is 0 Å². The fourth-order valence-corrected chi connectivity index (χ4v) is 4.66. The van der Waals surface area contributed by atoms with Gasteiger partial charge in [0.25, 0.3) is 0 Å². The van der Waals surface area contributed by atoms with Gasteiger partial charge < -0.3 is 15.0 Å². The van der Waals surface area contributed by atoms with Crippen LogP contribution in [0.4, 0.5) is 14.6 Å². The summed E-state index contributed by atoms with van der Waals surface area (Å²) in [4.78, 5) is 16.5. The summed E-state index contributed by atoms with van der Waals surface area (Å²) in [6.07, 6.45) is 0.704. The van der Waals surface area contributed by atoms with Crippen LogP contribution < -0.4 is 10.2 Å². The molecule has 3 heterocycles. The molecule has 1 aliphatic rings. The Balaban J connectivity index is 1.29. The van der Waals surface area contributed by atoms with Crippen molar-refractivity contribution in [2.45, 2.75) is 32.3 Å². The van der Waals surface area contributed by atoms with Crippen LogP contribution in [-0.2, 0) is 0 Å². The third-order valence-corrected chi connectivity index (χ3v) is 6.62. The molecule has 0 aliphatic carbocycles. The maximum atomic E-state index is 13.3. The average molecular weight is 479 g/mol. The van der Waals surface area contributed by atoms with Gasteiger partial charge in [-0.25, -0.2) is 18.7 Å². The number of aromatic nitrogens is 3. The first-order valence-electron chi connectivity index (χ1n) is 11.7. The van der Waals surface area contributed by atoms with E-state index >= 15 is 0 Å². The molecule has 0 saturated carbocycles. The third-order valence-electron chi connectivity index (χ3n) is 6.62. The lowest BCUT2D eigenvalue weighted by Gasteiger charge is -2.43. The van der Waals surface area contributed by atoms with E-state index < -0.39 is 6.35 Å². The quantitative estimate of drug-likeness (QED) is 0.363. The van der Waals surface area contributed by atoms with E-state index in [4.69, 9.17) is 0 Å². The molecule has 0 amide bonds. The number of fused-ring (bicyclic) bond motifs is 1. The van der Waals surface area contributed by atoms with Crippen molar-refractivity contribution in [2.75, 3.05) is 24.5 Å². The number of benzene rings is 2. The van der Waals surface area contributed by atoms with Crippen molar-refractivity contribution in [1.29, 1.82) is 0 Å². The summed E-state index contributed by atoms with van der Waals surface area (Å²) in [5.74, 6) is 0.270. The van der Waals surface area contributed by atoms with Gasteiger partial charge in [-0.2, -0.15) is 0 Å². The number of aliphatic hydroxyl groups excluding tert-OH is 1. The second-order valence-corrected chi connectivity index (χ2v) is 9.00. The number of aliphatic hydroxyl groups is 1. The largest absolute Gasteiger partial charge is 0.365 e. The summed E-state index contributed by atoms with van der Waals surface area (Å²) in [6.45, 7) is 5.99. The lowest BCUT2D eigenvalue weighted by atomic mass is 10.1.